The summed E-state index contributed by atoms with van der Waals surface area (Å²) < 4.78 is 12.6. The van der Waals surface area contributed by atoms with E-state index >= 15 is 0 Å². The van der Waals surface area contributed by atoms with Crippen LogP contribution in [0.3, 0.4) is 0 Å². The molecule has 22 heavy (non-hydrogen) atoms. The van der Waals surface area contributed by atoms with Crippen molar-refractivity contribution in [3.63, 3.8) is 0 Å². The minimum Gasteiger partial charge on any atom is -0.339 e. The second-order valence-electron chi connectivity index (χ2n) is 5.99. The van der Waals surface area contributed by atoms with Crippen LogP contribution in [0, 0.1) is 0 Å². The van der Waals surface area contributed by atoms with Gasteiger partial charge in [-0.3, -0.25) is 0 Å². The average molecular weight is 297 g/mol. The Bertz CT molecular complexity index is 543. The van der Waals surface area contributed by atoms with Crippen molar-refractivity contribution in [2.24, 2.45) is 0 Å². The molecule has 1 atom stereocenters. The Morgan fingerprint density at radius 2 is 1.50 bits per heavy atom. The lowest BCUT2D eigenvalue weighted by Crippen LogP contribution is -2.30. The minimum atomic E-state index is -0.778. The van der Waals surface area contributed by atoms with Gasteiger partial charge in [-0.1, -0.05) is 60.7 Å². The maximum absolute atomic E-state index is 6.42. The van der Waals surface area contributed by atoms with Crippen molar-refractivity contribution in [2.45, 2.75) is 18.3 Å². The molecular weight excluding hydrogens is 274 g/mol. The molecule has 2 aromatic carbocycles. The Hall–Kier alpha value is -1.68. The predicted octanol–water partition coefficient (Wildman–Crippen LogP) is 3.25. The molecule has 116 valence electrons. The molecule has 0 saturated carbocycles. The zero-order valence-corrected chi connectivity index (χ0v) is 13.2. The van der Waals surface area contributed by atoms with Gasteiger partial charge in [-0.25, -0.2) is 0 Å². The van der Waals surface area contributed by atoms with Crippen molar-refractivity contribution in [1.29, 1.82) is 0 Å². The normalized spacial score (nSPS) is 20.4. The van der Waals surface area contributed by atoms with Crippen LogP contribution in [0.5, 0.6) is 0 Å². The standard InChI is InChI=1S/C19H23NO2/c1-20(2)14-13-18-15-21-19(22-18,16-9-5-3-6-10-16)17-11-7-4-8-12-17/h3-12,18H,13-15H2,1-2H3. The van der Waals surface area contributed by atoms with Gasteiger partial charge >= 0.3 is 0 Å². The van der Waals surface area contributed by atoms with Crippen LogP contribution in [0.4, 0.5) is 0 Å². The van der Waals surface area contributed by atoms with Crippen LogP contribution in [0.1, 0.15) is 17.5 Å². The quantitative estimate of drug-likeness (QED) is 0.845. The number of rotatable bonds is 5. The Balaban J connectivity index is 1.90. The summed E-state index contributed by atoms with van der Waals surface area (Å²) >= 11 is 0. The summed E-state index contributed by atoms with van der Waals surface area (Å²) in [7, 11) is 4.16. The highest BCUT2D eigenvalue weighted by molar-refractivity contribution is 5.34. The van der Waals surface area contributed by atoms with E-state index in [1.54, 1.807) is 0 Å². The molecule has 3 rings (SSSR count). The van der Waals surface area contributed by atoms with Gasteiger partial charge in [0.05, 0.1) is 12.7 Å². The summed E-state index contributed by atoms with van der Waals surface area (Å²) in [5.74, 6) is -0.778. The van der Waals surface area contributed by atoms with Crippen molar-refractivity contribution >= 4 is 0 Å². The Labute approximate surface area is 132 Å². The number of benzene rings is 2. The first-order chi connectivity index (χ1) is 10.7. The van der Waals surface area contributed by atoms with Gasteiger partial charge < -0.3 is 14.4 Å². The average Bonchev–Trinajstić information content (AvgIpc) is 3.00. The van der Waals surface area contributed by atoms with Crippen LogP contribution in [0.2, 0.25) is 0 Å². The second kappa shape index (κ2) is 6.61. The minimum absolute atomic E-state index is 0.114. The van der Waals surface area contributed by atoms with E-state index in [0.717, 1.165) is 24.1 Å². The SMILES string of the molecule is CN(C)CCC1COC(c2ccccc2)(c2ccccc2)O1. The second-order valence-corrected chi connectivity index (χ2v) is 5.99. The monoisotopic (exact) mass is 297 g/mol. The summed E-state index contributed by atoms with van der Waals surface area (Å²) in [5, 5.41) is 0. The van der Waals surface area contributed by atoms with E-state index in [2.05, 4.69) is 43.3 Å². The topological polar surface area (TPSA) is 21.7 Å². The number of nitrogens with zero attached hydrogens (tertiary/aromatic N) is 1. The molecule has 0 radical (unpaired) electrons. The number of hydrogen-bond donors (Lipinski definition) is 0. The fraction of sp³-hybridized carbons (Fsp3) is 0.368. The first-order valence-corrected chi connectivity index (χ1v) is 7.78. The first-order valence-electron chi connectivity index (χ1n) is 7.78. The van der Waals surface area contributed by atoms with Gasteiger partial charge in [0.25, 0.3) is 0 Å². The van der Waals surface area contributed by atoms with Gasteiger partial charge in [-0.15, -0.1) is 0 Å². The van der Waals surface area contributed by atoms with Crippen molar-refractivity contribution in [2.75, 3.05) is 27.2 Å². The smallest absolute Gasteiger partial charge is 0.222 e. The fourth-order valence-corrected chi connectivity index (χ4v) is 2.84. The third-order valence-electron chi connectivity index (χ3n) is 4.01. The number of ether oxygens (including phenoxy) is 2. The first kappa shape index (κ1) is 15.2. The maximum Gasteiger partial charge on any atom is 0.222 e. The highest BCUT2D eigenvalue weighted by atomic mass is 16.7. The van der Waals surface area contributed by atoms with Crippen molar-refractivity contribution < 1.29 is 9.47 Å². The van der Waals surface area contributed by atoms with Crippen LogP contribution in [0.25, 0.3) is 0 Å². The van der Waals surface area contributed by atoms with Gasteiger partial charge in [0, 0.05) is 17.7 Å². The summed E-state index contributed by atoms with van der Waals surface area (Å²) in [4.78, 5) is 2.17. The van der Waals surface area contributed by atoms with Gasteiger partial charge in [0.1, 0.15) is 0 Å². The van der Waals surface area contributed by atoms with Crippen LogP contribution >= 0.6 is 0 Å². The van der Waals surface area contributed by atoms with E-state index in [0.29, 0.717) is 6.61 Å². The fourth-order valence-electron chi connectivity index (χ4n) is 2.84. The van der Waals surface area contributed by atoms with Gasteiger partial charge in [0.15, 0.2) is 0 Å². The molecule has 0 bridgehead atoms. The van der Waals surface area contributed by atoms with E-state index in [1.807, 2.05) is 36.4 Å². The highest BCUT2D eigenvalue weighted by Gasteiger charge is 2.44. The summed E-state index contributed by atoms with van der Waals surface area (Å²) in [5.41, 5.74) is 2.10. The van der Waals surface area contributed by atoms with Crippen molar-refractivity contribution in [1.82, 2.24) is 4.90 Å². The van der Waals surface area contributed by atoms with E-state index in [-0.39, 0.29) is 6.10 Å². The molecule has 1 unspecified atom stereocenters. The van der Waals surface area contributed by atoms with E-state index in [9.17, 15) is 0 Å². The largest absolute Gasteiger partial charge is 0.339 e. The summed E-state index contributed by atoms with van der Waals surface area (Å²) in [6, 6.07) is 20.4. The molecule has 1 aliphatic rings. The van der Waals surface area contributed by atoms with Crippen molar-refractivity contribution in [3.8, 4) is 0 Å². The molecule has 3 heteroatoms. The molecule has 0 aliphatic carbocycles. The molecule has 2 aromatic rings. The van der Waals surface area contributed by atoms with Crippen molar-refractivity contribution in [3.05, 3.63) is 71.8 Å². The maximum atomic E-state index is 6.42. The molecule has 3 nitrogen and oxygen atoms in total. The zero-order chi connectivity index (χ0) is 15.4. The molecule has 0 aromatic heterocycles. The Morgan fingerprint density at radius 1 is 0.955 bits per heavy atom. The molecule has 1 fully saturated rings. The van der Waals surface area contributed by atoms with Crippen LogP contribution in [-0.4, -0.2) is 38.3 Å². The third kappa shape index (κ3) is 3.07. The molecule has 0 spiro atoms. The molecular formula is C19H23NO2. The van der Waals surface area contributed by atoms with Crippen LogP contribution in [0.15, 0.2) is 60.7 Å². The summed E-state index contributed by atoms with van der Waals surface area (Å²) in [6.45, 7) is 1.62. The predicted molar refractivity (Wildman–Crippen MR) is 87.7 cm³/mol. The Kier molecular flexibility index (Phi) is 4.57. The van der Waals surface area contributed by atoms with Crippen LogP contribution in [-0.2, 0) is 15.3 Å². The van der Waals surface area contributed by atoms with E-state index in [4.69, 9.17) is 9.47 Å². The van der Waals surface area contributed by atoms with Crippen LogP contribution < -0.4 is 0 Å². The lowest BCUT2D eigenvalue weighted by atomic mass is 9.97. The number of hydrogen-bond acceptors (Lipinski definition) is 3. The Morgan fingerprint density at radius 3 is 2.00 bits per heavy atom. The van der Waals surface area contributed by atoms with Gasteiger partial charge in [-0.2, -0.15) is 0 Å². The lowest BCUT2D eigenvalue weighted by Gasteiger charge is -2.29. The van der Waals surface area contributed by atoms with E-state index in [1.165, 1.54) is 0 Å². The molecule has 0 amide bonds. The van der Waals surface area contributed by atoms with Gasteiger partial charge in [0.2, 0.25) is 5.79 Å². The third-order valence-corrected chi connectivity index (χ3v) is 4.01. The molecule has 0 N–H and O–H groups in total. The molecule has 1 aliphatic heterocycles. The molecule has 1 saturated heterocycles. The zero-order valence-electron chi connectivity index (χ0n) is 13.2. The summed E-state index contributed by atoms with van der Waals surface area (Å²) in [6.07, 6.45) is 1.08. The van der Waals surface area contributed by atoms with Gasteiger partial charge in [-0.05, 0) is 20.5 Å². The lowest BCUT2D eigenvalue weighted by molar-refractivity contribution is -0.143. The highest BCUT2D eigenvalue weighted by Crippen LogP contribution is 2.41. The van der Waals surface area contributed by atoms with E-state index < -0.39 is 5.79 Å². The molecule has 1 heterocycles.